The highest BCUT2D eigenvalue weighted by atomic mass is 127. The van der Waals surface area contributed by atoms with Crippen LogP contribution < -0.4 is 5.32 Å². The molecular weight excluding hydrogens is 437 g/mol. The van der Waals surface area contributed by atoms with Gasteiger partial charge in [-0.3, -0.25) is 5.10 Å². The van der Waals surface area contributed by atoms with Crippen LogP contribution >= 0.6 is 22.6 Å². The molecule has 6 heteroatoms. The first-order chi connectivity index (χ1) is 12.7. The Morgan fingerprint density at radius 1 is 0.885 bits per heavy atom. The monoisotopic (exact) mass is 453 g/mol. The predicted molar refractivity (Wildman–Crippen MR) is 112 cm³/mol. The Balaban J connectivity index is 1.83. The van der Waals surface area contributed by atoms with Crippen LogP contribution in [-0.2, 0) is 0 Å². The molecule has 2 heterocycles. The Labute approximate surface area is 165 Å². The summed E-state index contributed by atoms with van der Waals surface area (Å²) in [5.41, 5.74) is 4.84. The van der Waals surface area contributed by atoms with E-state index >= 15 is 0 Å². The summed E-state index contributed by atoms with van der Waals surface area (Å²) in [6.45, 7) is 1.96. The number of rotatable bonds is 4. The highest BCUT2D eigenvalue weighted by Crippen LogP contribution is 2.28. The van der Waals surface area contributed by atoms with Gasteiger partial charge in [0.15, 0.2) is 5.82 Å². The van der Waals surface area contributed by atoms with Gasteiger partial charge in [-0.15, -0.1) is 0 Å². The molecule has 0 saturated carbocycles. The summed E-state index contributed by atoms with van der Waals surface area (Å²) in [6, 6.07) is 22.2. The first-order valence-corrected chi connectivity index (χ1v) is 9.25. The number of halogens is 1. The van der Waals surface area contributed by atoms with E-state index in [1.807, 2.05) is 61.5 Å². The van der Waals surface area contributed by atoms with E-state index in [9.17, 15) is 0 Å². The molecule has 2 N–H and O–H groups in total. The van der Waals surface area contributed by atoms with Crippen LogP contribution in [-0.4, -0.2) is 20.2 Å². The topological polar surface area (TPSA) is 66.5 Å². The molecule has 0 unspecified atom stereocenters. The van der Waals surface area contributed by atoms with Crippen molar-refractivity contribution in [1.29, 1.82) is 0 Å². The molecule has 0 fully saturated rings. The molecule has 0 aliphatic carbocycles. The quantitative estimate of drug-likeness (QED) is 0.418. The third-order valence-corrected chi connectivity index (χ3v) is 4.83. The van der Waals surface area contributed by atoms with Crippen LogP contribution in [0.3, 0.4) is 0 Å². The average molecular weight is 453 g/mol. The number of aromatic amines is 1. The van der Waals surface area contributed by atoms with E-state index in [0.29, 0.717) is 11.8 Å². The summed E-state index contributed by atoms with van der Waals surface area (Å²) in [7, 11) is 0. The first-order valence-electron chi connectivity index (χ1n) is 8.17. The summed E-state index contributed by atoms with van der Waals surface area (Å²) in [4.78, 5) is 9.40. The lowest BCUT2D eigenvalue weighted by atomic mass is 10.1. The molecule has 0 aliphatic heterocycles. The van der Waals surface area contributed by atoms with Crippen molar-refractivity contribution in [1.82, 2.24) is 20.2 Å². The summed E-state index contributed by atoms with van der Waals surface area (Å²) in [5.74, 6) is 1.22. The predicted octanol–water partition coefficient (Wildman–Crippen LogP) is 5.19. The standard InChI is InChI=1S/C20H16IN5/c1-13-11-19(26-25-13)24-20-22-17(14-7-3-2-4-8-14)12-18(23-20)15-9-5-6-10-16(15)21/h2-12H,1H3,(H2,22,23,24,25,26). The Morgan fingerprint density at radius 3 is 2.35 bits per heavy atom. The number of nitrogens with one attached hydrogen (secondary N) is 2. The highest BCUT2D eigenvalue weighted by Gasteiger charge is 2.11. The van der Waals surface area contributed by atoms with Gasteiger partial charge in [0.1, 0.15) is 0 Å². The van der Waals surface area contributed by atoms with Gasteiger partial charge in [0.25, 0.3) is 0 Å². The van der Waals surface area contributed by atoms with Crippen LogP contribution in [0, 0.1) is 10.5 Å². The molecule has 0 aliphatic rings. The van der Waals surface area contributed by atoms with E-state index in [-0.39, 0.29) is 0 Å². The van der Waals surface area contributed by atoms with Crippen LogP contribution in [0.1, 0.15) is 5.69 Å². The molecule has 26 heavy (non-hydrogen) atoms. The van der Waals surface area contributed by atoms with E-state index in [2.05, 4.69) is 55.2 Å². The summed E-state index contributed by atoms with van der Waals surface area (Å²) < 4.78 is 1.14. The van der Waals surface area contributed by atoms with Crippen molar-refractivity contribution >= 4 is 34.4 Å². The van der Waals surface area contributed by atoms with Crippen LogP contribution in [0.4, 0.5) is 11.8 Å². The van der Waals surface area contributed by atoms with Crippen LogP contribution in [0.5, 0.6) is 0 Å². The molecular formula is C20H16IN5. The largest absolute Gasteiger partial charge is 0.307 e. The van der Waals surface area contributed by atoms with Crippen molar-refractivity contribution in [3.8, 4) is 22.5 Å². The Bertz CT molecular complexity index is 1040. The fourth-order valence-electron chi connectivity index (χ4n) is 2.66. The fraction of sp³-hybridized carbons (Fsp3) is 0.0500. The molecule has 0 radical (unpaired) electrons. The van der Waals surface area contributed by atoms with E-state index in [1.165, 1.54) is 0 Å². The number of H-pyrrole nitrogens is 1. The maximum atomic E-state index is 4.71. The van der Waals surface area contributed by atoms with E-state index in [4.69, 9.17) is 4.98 Å². The minimum Gasteiger partial charge on any atom is -0.307 e. The SMILES string of the molecule is Cc1cc(Nc2nc(-c3ccccc3)cc(-c3ccccc3I)n2)n[nH]1. The molecule has 5 nitrogen and oxygen atoms in total. The molecule has 0 amide bonds. The molecule has 0 atom stereocenters. The second kappa shape index (κ2) is 7.25. The molecule has 4 rings (SSSR count). The maximum absolute atomic E-state index is 4.71. The first kappa shape index (κ1) is 16.7. The van der Waals surface area contributed by atoms with Crippen LogP contribution in [0.15, 0.2) is 66.7 Å². The third-order valence-electron chi connectivity index (χ3n) is 3.89. The molecule has 0 saturated heterocycles. The lowest BCUT2D eigenvalue weighted by Gasteiger charge is -2.10. The van der Waals surface area contributed by atoms with Crippen molar-refractivity contribution in [3.63, 3.8) is 0 Å². The zero-order valence-corrected chi connectivity index (χ0v) is 16.2. The minimum atomic E-state index is 0.521. The third kappa shape index (κ3) is 3.60. The highest BCUT2D eigenvalue weighted by molar-refractivity contribution is 14.1. The molecule has 2 aromatic carbocycles. The normalized spacial score (nSPS) is 10.7. The Hall–Kier alpha value is -2.74. The van der Waals surface area contributed by atoms with Gasteiger partial charge in [0.05, 0.1) is 11.4 Å². The van der Waals surface area contributed by atoms with Crippen LogP contribution in [0.25, 0.3) is 22.5 Å². The van der Waals surface area contributed by atoms with Gasteiger partial charge in [-0.2, -0.15) is 5.10 Å². The number of aryl methyl sites for hydroxylation is 1. The number of anilines is 2. The lowest BCUT2D eigenvalue weighted by Crippen LogP contribution is -2.01. The van der Waals surface area contributed by atoms with Crippen molar-refractivity contribution < 1.29 is 0 Å². The summed E-state index contributed by atoms with van der Waals surface area (Å²) >= 11 is 2.33. The van der Waals surface area contributed by atoms with Gasteiger partial charge in [-0.05, 0) is 41.6 Å². The second-order valence-electron chi connectivity index (χ2n) is 5.87. The lowest BCUT2D eigenvalue weighted by molar-refractivity contribution is 1.04. The second-order valence-corrected chi connectivity index (χ2v) is 7.03. The fourth-order valence-corrected chi connectivity index (χ4v) is 3.33. The van der Waals surface area contributed by atoms with Crippen molar-refractivity contribution in [2.75, 3.05) is 5.32 Å². The van der Waals surface area contributed by atoms with Crippen molar-refractivity contribution in [2.24, 2.45) is 0 Å². The van der Waals surface area contributed by atoms with Gasteiger partial charge < -0.3 is 5.32 Å². The van der Waals surface area contributed by atoms with E-state index in [1.54, 1.807) is 0 Å². The van der Waals surface area contributed by atoms with Gasteiger partial charge in [0, 0.05) is 26.5 Å². The van der Waals surface area contributed by atoms with Gasteiger partial charge in [0.2, 0.25) is 5.95 Å². The number of nitrogens with zero attached hydrogens (tertiary/aromatic N) is 3. The Kier molecular flexibility index (Phi) is 4.66. The summed E-state index contributed by atoms with van der Waals surface area (Å²) in [5, 5.41) is 10.3. The Morgan fingerprint density at radius 2 is 1.62 bits per heavy atom. The van der Waals surface area contributed by atoms with Gasteiger partial charge in [-0.1, -0.05) is 48.5 Å². The molecule has 4 aromatic rings. The zero-order valence-electron chi connectivity index (χ0n) is 14.1. The number of hydrogen-bond acceptors (Lipinski definition) is 4. The van der Waals surface area contributed by atoms with Crippen molar-refractivity contribution in [2.45, 2.75) is 6.92 Å². The van der Waals surface area contributed by atoms with E-state index < -0.39 is 0 Å². The molecule has 0 bridgehead atoms. The molecule has 0 spiro atoms. The summed E-state index contributed by atoms with van der Waals surface area (Å²) in [6.07, 6.45) is 0. The van der Waals surface area contributed by atoms with Gasteiger partial charge in [-0.25, -0.2) is 9.97 Å². The maximum Gasteiger partial charge on any atom is 0.229 e. The molecule has 2 aromatic heterocycles. The van der Waals surface area contributed by atoms with Crippen LogP contribution in [0.2, 0.25) is 0 Å². The molecule has 128 valence electrons. The van der Waals surface area contributed by atoms with E-state index in [0.717, 1.165) is 31.8 Å². The number of hydrogen-bond donors (Lipinski definition) is 2. The van der Waals surface area contributed by atoms with Gasteiger partial charge >= 0.3 is 0 Å². The van der Waals surface area contributed by atoms with Crippen molar-refractivity contribution in [3.05, 3.63) is 76.0 Å². The number of aromatic nitrogens is 4. The zero-order chi connectivity index (χ0) is 17.9. The average Bonchev–Trinajstić information content (AvgIpc) is 3.07. The smallest absolute Gasteiger partial charge is 0.229 e. The number of benzene rings is 2. The minimum absolute atomic E-state index is 0.521.